The van der Waals surface area contributed by atoms with Gasteiger partial charge in [0.15, 0.2) is 0 Å². The molecule has 0 bridgehead atoms. The predicted octanol–water partition coefficient (Wildman–Crippen LogP) is 1.79. The van der Waals surface area contributed by atoms with E-state index in [1.807, 2.05) is 0 Å². The molecule has 21 heavy (non-hydrogen) atoms. The minimum absolute atomic E-state index is 0.186. The average molecular weight is 286 g/mol. The number of nitrogens with zero attached hydrogens (tertiary/aromatic N) is 1. The molecule has 6 heteroatoms. The molecule has 1 aliphatic heterocycles. The van der Waals surface area contributed by atoms with Gasteiger partial charge >= 0.3 is 0 Å². The SMILES string of the molecule is O=C(Nc1ccc(OC2CCNCC2)nc1)c1ccc[nH]1. The van der Waals surface area contributed by atoms with Crippen molar-refractivity contribution < 1.29 is 9.53 Å². The molecule has 2 aromatic rings. The van der Waals surface area contributed by atoms with Gasteiger partial charge in [-0.2, -0.15) is 0 Å². The van der Waals surface area contributed by atoms with E-state index in [4.69, 9.17) is 4.74 Å². The summed E-state index contributed by atoms with van der Waals surface area (Å²) in [6, 6.07) is 7.08. The van der Waals surface area contributed by atoms with Gasteiger partial charge in [-0.15, -0.1) is 0 Å². The zero-order chi connectivity index (χ0) is 14.5. The Hall–Kier alpha value is -2.34. The number of hydrogen-bond donors (Lipinski definition) is 3. The van der Waals surface area contributed by atoms with Crippen LogP contribution in [0.25, 0.3) is 0 Å². The molecule has 0 aliphatic carbocycles. The molecule has 3 rings (SSSR count). The number of H-pyrrole nitrogens is 1. The lowest BCUT2D eigenvalue weighted by atomic mass is 10.1. The third-order valence-corrected chi connectivity index (χ3v) is 3.41. The number of carbonyl (C=O) groups is 1. The molecule has 0 aromatic carbocycles. The van der Waals surface area contributed by atoms with Crippen molar-refractivity contribution in [3.63, 3.8) is 0 Å². The molecule has 0 atom stereocenters. The Kier molecular flexibility index (Phi) is 4.16. The van der Waals surface area contributed by atoms with Gasteiger partial charge in [0, 0.05) is 12.3 Å². The molecule has 3 N–H and O–H groups in total. The van der Waals surface area contributed by atoms with Crippen LogP contribution in [0.4, 0.5) is 5.69 Å². The summed E-state index contributed by atoms with van der Waals surface area (Å²) < 4.78 is 5.82. The van der Waals surface area contributed by atoms with E-state index < -0.39 is 0 Å². The van der Waals surface area contributed by atoms with Crippen LogP contribution in [0.5, 0.6) is 5.88 Å². The third kappa shape index (κ3) is 3.61. The Bertz CT molecular complexity index is 574. The van der Waals surface area contributed by atoms with Gasteiger partial charge in [0.05, 0.1) is 11.9 Å². The summed E-state index contributed by atoms with van der Waals surface area (Å²) in [5.74, 6) is 0.411. The quantitative estimate of drug-likeness (QED) is 0.800. The van der Waals surface area contributed by atoms with Gasteiger partial charge in [-0.25, -0.2) is 4.98 Å². The molecule has 0 saturated carbocycles. The van der Waals surface area contributed by atoms with E-state index in [0.717, 1.165) is 25.9 Å². The first-order valence-corrected chi connectivity index (χ1v) is 7.09. The number of ether oxygens (including phenoxy) is 1. The van der Waals surface area contributed by atoms with Gasteiger partial charge in [-0.1, -0.05) is 0 Å². The van der Waals surface area contributed by atoms with Crippen molar-refractivity contribution >= 4 is 11.6 Å². The fraction of sp³-hybridized carbons (Fsp3) is 0.333. The fourth-order valence-electron chi connectivity index (χ4n) is 2.28. The van der Waals surface area contributed by atoms with Gasteiger partial charge in [0.2, 0.25) is 5.88 Å². The van der Waals surface area contributed by atoms with Crippen LogP contribution in [0.3, 0.4) is 0 Å². The van der Waals surface area contributed by atoms with Crippen LogP contribution in [-0.2, 0) is 0 Å². The molecule has 110 valence electrons. The number of anilines is 1. The average Bonchev–Trinajstić information content (AvgIpc) is 3.05. The Morgan fingerprint density at radius 3 is 2.81 bits per heavy atom. The molecule has 1 amide bonds. The number of pyridine rings is 1. The lowest BCUT2D eigenvalue weighted by molar-refractivity contribution is 0.102. The molecular weight excluding hydrogens is 268 g/mol. The van der Waals surface area contributed by atoms with Crippen LogP contribution in [0.1, 0.15) is 23.3 Å². The monoisotopic (exact) mass is 286 g/mol. The van der Waals surface area contributed by atoms with Crippen molar-refractivity contribution in [1.82, 2.24) is 15.3 Å². The summed E-state index contributed by atoms with van der Waals surface area (Å²) >= 11 is 0. The van der Waals surface area contributed by atoms with E-state index in [-0.39, 0.29) is 12.0 Å². The second kappa shape index (κ2) is 6.41. The number of piperidine rings is 1. The van der Waals surface area contributed by atoms with Crippen LogP contribution in [0.2, 0.25) is 0 Å². The number of rotatable bonds is 4. The van der Waals surface area contributed by atoms with E-state index in [9.17, 15) is 4.79 Å². The number of hydrogen-bond acceptors (Lipinski definition) is 4. The second-order valence-corrected chi connectivity index (χ2v) is 4.99. The van der Waals surface area contributed by atoms with Crippen LogP contribution in [0.15, 0.2) is 36.7 Å². The minimum Gasteiger partial charge on any atom is -0.474 e. The molecule has 1 fully saturated rings. The number of nitrogens with one attached hydrogen (secondary N) is 3. The zero-order valence-corrected chi connectivity index (χ0v) is 11.6. The van der Waals surface area contributed by atoms with Crippen molar-refractivity contribution in [3.05, 3.63) is 42.4 Å². The van der Waals surface area contributed by atoms with Gasteiger partial charge in [0.1, 0.15) is 11.8 Å². The lowest BCUT2D eigenvalue weighted by Gasteiger charge is -2.23. The van der Waals surface area contributed by atoms with Crippen molar-refractivity contribution in [2.45, 2.75) is 18.9 Å². The largest absolute Gasteiger partial charge is 0.474 e. The summed E-state index contributed by atoms with van der Waals surface area (Å²) in [7, 11) is 0. The first-order valence-electron chi connectivity index (χ1n) is 7.09. The molecule has 0 radical (unpaired) electrons. The molecule has 6 nitrogen and oxygen atoms in total. The van der Waals surface area contributed by atoms with Crippen LogP contribution < -0.4 is 15.4 Å². The molecule has 0 spiro atoms. The van der Waals surface area contributed by atoms with Gasteiger partial charge in [-0.3, -0.25) is 4.79 Å². The molecule has 1 aliphatic rings. The number of aromatic amines is 1. The Morgan fingerprint density at radius 1 is 1.29 bits per heavy atom. The molecule has 2 aromatic heterocycles. The van der Waals surface area contributed by atoms with Crippen molar-refractivity contribution in [3.8, 4) is 5.88 Å². The normalized spacial score (nSPS) is 15.6. The second-order valence-electron chi connectivity index (χ2n) is 4.99. The van der Waals surface area contributed by atoms with Crippen molar-refractivity contribution in [1.29, 1.82) is 0 Å². The number of aromatic nitrogens is 2. The van der Waals surface area contributed by atoms with Crippen molar-refractivity contribution in [2.24, 2.45) is 0 Å². The highest BCUT2D eigenvalue weighted by Gasteiger charge is 2.15. The van der Waals surface area contributed by atoms with Gasteiger partial charge in [-0.05, 0) is 44.1 Å². The third-order valence-electron chi connectivity index (χ3n) is 3.41. The highest BCUT2D eigenvalue weighted by molar-refractivity contribution is 6.02. The van der Waals surface area contributed by atoms with Gasteiger partial charge < -0.3 is 20.4 Å². The van der Waals surface area contributed by atoms with E-state index in [0.29, 0.717) is 17.3 Å². The Labute approximate surface area is 122 Å². The highest BCUT2D eigenvalue weighted by atomic mass is 16.5. The van der Waals surface area contributed by atoms with E-state index in [2.05, 4.69) is 20.6 Å². The lowest BCUT2D eigenvalue weighted by Crippen LogP contribution is -2.34. The van der Waals surface area contributed by atoms with Crippen LogP contribution >= 0.6 is 0 Å². The van der Waals surface area contributed by atoms with Gasteiger partial charge in [0.25, 0.3) is 5.91 Å². The topological polar surface area (TPSA) is 79.0 Å². The summed E-state index contributed by atoms with van der Waals surface area (Å²) in [6.07, 6.45) is 5.53. The highest BCUT2D eigenvalue weighted by Crippen LogP contribution is 2.16. The maximum Gasteiger partial charge on any atom is 0.272 e. The molecule has 1 saturated heterocycles. The van der Waals surface area contributed by atoms with Crippen LogP contribution in [0, 0.1) is 0 Å². The zero-order valence-electron chi connectivity index (χ0n) is 11.6. The first kappa shape index (κ1) is 13.6. The van der Waals surface area contributed by atoms with Crippen molar-refractivity contribution in [2.75, 3.05) is 18.4 Å². The molecular formula is C15H18N4O2. The summed E-state index contributed by atoms with van der Waals surface area (Å²) in [4.78, 5) is 19.0. The maximum atomic E-state index is 11.9. The van der Waals surface area contributed by atoms with Crippen LogP contribution in [-0.4, -0.2) is 35.1 Å². The Morgan fingerprint density at radius 2 is 2.14 bits per heavy atom. The first-order chi connectivity index (χ1) is 10.3. The van der Waals surface area contributed by atoms with E-state index in [1.54, 1.807) is 36.7 Å². The maximum absolute atomic E-state index is 11.9. The minimum atomic E-state index is -0.186. The smallest absolute Gasteiger partial charge is 0.272 e. The number of amides is 1. The van der Waals surface area contributed by atoms with E-state index in [1.165, 1.54) is 0 Å². The standard InChI is InChI=1S/C15H18N4O2/c20-15(13-2-1-7-17-13)19-11-3-4-14(18-10-11)21-12-5-8-16-9-6-12/h1-4,7,10,12,16-17H,5-6,8-9H2,(H,19,20). The Balaban J connectivity index is 1.57. The number of carbonyl (C=O) groups excluding carboxylic acids is 1. The predicted molar refractivity (Wildman–Crippen MR) is 79.5 cm³/mol. The summed E-state index contributed by atoms with van der Waals surface area (Å²) in [5.41, 5.74) is 1.16. The summed E-state index contributed by atoms with van der Waals surface area (Å²) in [6.45, 7) is 1.96. The van der Waals surface area contributed by atoms with E-state index >= 15 is 0 Å². The molecule has 0 unspecified atom stereocenters. The summed E-state index contributed by atoms with van der Waals surface area (Å²) in [5, 5.41) is 6.07. The fourth-order valence-corrected chi connectivity index (χ4v) is 2.28. The molecule has 3 heterocycles.